The van der Waals surface area contributed by atoms with Crippen molar-refractivity contribution in [1.82, 2.24) is 9.78 Å². The second-order valence-electron chi connectivity index (χ2n) is 5.38. The smallest absolute Gasteiger partial charge is 0.0643 e. The standard InChI is InChI=1S/C13H25N3/c1-6-11(4)16-8-7-12(15-16)9-13(5,14)10(2)3/h7-8,10-11H,6,9,14H2,1-5H3. The lowest BCUT2D eigenvalue weighted by molar-refractivity contribution is 0.332. The van der Waals surface area contributed by atoms with Gasteiger partial charge in [0, 0.05) is 24.2 Å². The second-order valence-corrected chi connectivity index (χ2v) is 5.38. The largest absolute Gasteiger partial charge is 0.325 e. The Bertz CT molecular complexity index is 326. The summed E-state index contributed by atoms with van der Waals surface area (Å²) in [5.41, 5.74) is 7.18. The van der Waals surface area contributed by atoms with Gasteiger partial charge in [-0.2, -0.15) is 5.10 Å². The zero-order chi connectivity index (χ0) is 12.3. The molecular weight excluding hydrogens is 198 g/mol. The fourth-order valence-corrected chi connectivity index (χ4v) is 1.50. The van der Waals surface area contributed by atoms with Gasteiger partial charge in [0.15, 0.2) is 0 Å². The molecule has 2 atom stereocenters. The number of nitrogens with two attached hydrogens (primary N) is 1. The van der Waals surface area contributed by atoms with Crippen LogP contribution < -0.4 is 5.73 Å². The van der Waals surface area contributed by atoms with Gasteiger partial charge in [-0.25, -0.2) is 0 Å². The maximum atomic E-state index is 6.26. The first-order valence-corrected chi connectivity index (χ1v) is 6.19. The third-order valence-corrected chi connectivity index (χ3v) is 3.59. The Kier molecular flexibility index (Phi) is 4.14. The first-order chi connectivity index (χ1) is 7.36. The van der Waals surface area contributed by atoms with Gasteiger partial charge in [0.25, 0.3) is 0 Å². The molecule has 3 heteroatoms. The van der Waals surface area contributed by atoms with Crippen molar-refractivity contribution >= 4 is 0 Å². The van der Waals surface area contributed by atoms with Crippen LogP contribution in [0.15, 0.2) is 12.3 Å². The molecule has 1 rings (SSSR count). The van der Waals surface area contributed by atoms with E-state index in [1.807, 2.05) is 4.68 Å². The molecule has 2 N–H and O–H groups in total. The van der Waals surface area contributed by atoms with Gasteiger partial charge in [-0.15, -0.1) is 0 Å². The average molecular weight is 223 g/mol. The van der Waals surface area contributed by atoms with Crippen LogP contribution in [-0.4, -0.2) is 15.3 Å². The Hall–Kier alpha value is -0.830. The summed E-state index contributed by atoms with van der Waals surface area (Å²) >= 11 is 0. The average Bonchev–Trinajstić information content (AvgIpc) is 2.64. The molecule has 1 aromatic heterocycles. The molecule has 16 heavy (non-hydrogen) atoms. The number of hydrogen-bond acceptors (Lipinski definition) is 2. The van der Waals surface area contributed by atoms with Crippen molar-refractivity contribution in [3.8, 4) is 0 Å². The SMILES string of the molecule is CCC(C)n1ccc(CC(C)(N)C(C)C)n1. The lowest BCUT2D eigenvalue weighted by Gasteiger charge is -2.28. The van der Waals surface area contributed by atoms with E-state index in [0.717, 1.165) is 18.5 Å². The molecule has 3 nitrogen and oxygen atoms in total. The van der Waals surface area contributed by atoms with Crippen LogP contribution in [0.1, 0.15) is 52.8 Å². The van der Waals surface area contributed by atoms with Crippen molar-refractivity contribution in [1.29, 1.82) is 0 Å². The molecule has 1 heterocycles. The van der Waals surface area contributed by atoms with Crippen LogP contribution in [-0.2, 0) is 6.42 Å². The fraction of sp³-hybridized carbons (Fsp3) is 0.769. The summed E-state index contributed by atoms with van der Waals surface area (Å²) < 4.78 is 2.03. The zero-order valence-corrected chi connectivity index (χ0v) is 11.2. The lowest BCUT2D eigenvalue weighted by Crippen LogP contribution is -2.44. The Balaban J connectivity index is 2.72. The summed E-state index contributed by atoms with van der Waals surface area (Å²) in [4.78, 5) is 0. The van der Waals surface area contributed by atoms with Crippen LogP contribution >= 0.6 is 0 Å². The van der Waals surface area contributed by atoms with E-state index < -0.39 is 0 Å². The molecule has 0 amide bonds. The Morgan fingerprint density at radius 2 is 2.06 bits per heavy atom. The van der Waals surface area contributed by atoms with Crippen molar-refractivity contribution in [2.24, 2.45) is 11.7 Å². The van der Waals surface area contributed by atoms with E-state index in [-0.39, 0.29) is 5.54 Å². The molecule has 0 saturated carbocycles. The summed E-state index contributed by atoms with van der Waals surface area (Å²) in [6.07, 6.45) is 4.00. The third-order valence-electron chi connectivity index (χ3n) is 3.59. The van der Waals surface area contributed by atoms with Crippen LogP contribution in [0.4, 0.5) is 0 Å². The Labute approximate surface area is 99.0 Å². The third kappa shape index (κ3) is 3.08. The molecule has 0 spiro atoms. The van der Waals surface area contributed by atoms with Gasteiger partial charge in [0.1, 0.15) is 0 Å². The minimum atomic E-state index is -0.172. The molecule has 2 unspecified atom stereocenters. The van der Waals surface area contributed by atoms with Crippen LogP contribution in [0.25, 0.3) is 0 Å². The zero-order valence-electron chi connectivity index (χ0n) is 11.2. The van der Waals surface area contributed by atoms with E-state index in [2.05, 4.69) is 52.0 Å². The molecule has 0 aliphatic rings. The van der Waals surface area contributed by atoms with E-state index in [1.165, 1.54) is 0 Å². The van der Waals surface area contributed by atoms with E-state index >= 15 is 0 Å². The van der Waals surface area contributed by atoms with Crippen molar-refractivity contribution < 1.29 is 0 Å². The van der Waals surface area contributed by atoms with E-state index in [1.54, 1.807) is 0 Å². The molecule has 0 aliphatic heterocycles. The number of rotatable bonds is 5. The molecule has 0 radical (unpaired) electrons. The highest BCUT2D eigenvalue weighted by Crippen LogP contribution is 2.19. The predicted molar refractivity (Wildman–Crippen MR) is 68.4 cm³/mol. The second kappa shape index (κ2) is 5.00. The van der Waals surface area contributed by atoms with Gasteiger partial charge in [-0.1, -0.05) is 20.8 Å². The van der Waals surface area contributed by atoms with E-state index in [9.17, 15) is 0 Å². The van der Waals surface area contributed by atoms with Crippen LogP contribution in [0.3, 0.4) is 0 Å². The minimum Gasteiger partial charge on any atom is -0.325 e. The molecular formula is C13H25N3. The quantitative estimate of drug-likeness (QED) is 0.834. The summed E-state index contributed by atoms with van der Waals surface area (Å²) in [5, 5.41) is 4.59. The van der Waals surface area contributed by atoms with Crippen molar-refractivity contribution in [3.63, 3.8) is 0 Å². The predicted octanol–water partition coefficient (Wildman–Crippen LogP) is 2.77. The Morgan fingerprint density at radius 1 is 1.44 bits per heavy atom. The Morgan fingerprint density at radius 3 is 2.56 bits per heavy atom. The van der Waals surface area contributed by atoms with Crippen LogP contribution in [0.5, 0.6) is 0 Å². The van der Waals surface area contributed by atoms with Crippen LogP contribution in [0, 0.1) is 5.92 Å². The van der Waals surface area contributed by atoms with Gasteiger partial charge < -0.3 is 5.73 Å². The first kappa shape index (κ1) is 13.2. The molecule has 92 valence electrons. The topological polar surface area (TPSA) is 43.8 Å². The maximum absolute atomic E-state index is 6.26. The molecule has 1 aromatic rings. The highest BCUT2D eigenvalue weighted by molar-refractivity contribution is 5.05. The van der Waals surface area contributed by atoms with Crippen LogP contribution in [0.2, 0.25) is 0 Å². The number of hydrogen-bond donors (Lipinski definition) is 1. The summed E-state index contributed by atoms with van der Waals surface area (Å²) in [7, 11) is 0. The maximum Gasteiger partial charge on any atom is 0.0643 e. The van der Waals surface area contributed by atoms with Gasteiger partial charge in [0.05, 0.1) is 5.69 Å². The minimum absolute atomic E-state index is 0.172. The fourth-order valence-electron chi connectivity index (χ4n) is 1.50. The molecule has 0 bridgehead atoms. The highest BCUT2D eigenvalue weighted by Gasteiger charge is 2.24. The lowest BCUT2D eigenvalue weighted by atomic mass is 9.85. The van der Waals surface area contributed by atoms with Crippen molar-refractivity contribution in [2.45, 2.75) is 59.0 Å². The number of aromatic nitrogens is 2. The van der Waals surface area contributed by atoms with E-state index in [0.29, 0.717) is 12.0 Å². The van der Waals surface area contributed by atoms with Gasteiger partial charge in [-0.05, 0) is 32.3 Å². The summed E-state index contributed by atoms with van der Waals surface area (Å²) in [6, 6.07) is 2.55. The number of nitrogens with zero attached hydrogens (tertiary/aromatic N) is 2. The van der Waals surface area contributed by atoms with Crippen molar-refractivity contribution in [2.75, 3.05) is 0 Å². The first-order valence-electron chi connectivity index (χ1n) is 6.19. The summed E-state index contributed by atoms with van der Waals surface area (Å²) in [6.45, 7) is 10.8. The van der Waals surface area contributed by atoms with E-state index in [4.69, 9.17) is 5.73 Å². The summed E-state index contributed by atoms with van der Waals surface area (Å²) in [5.74, 6) is 0.459. The van der Waals surface area contributed by atoms with Gasteiger partial charge in [-0.3, -0.25) is 4.68 Å². The molecule has 0 fully saturated rings. The molecule has 0 saturated heterocycles. The highest BCUT2D eigenvalue weighted by atomic mass is 15.3. The van der Waals surface area contributed by atoms with Gasteiger partial charge >= 0.3 is 0 Å². The van der Waals surface area contributed by atoms with Crippen molar-refractivity contribution in [3.05, 3.63) is 18.0 Å². The van der Waals surface area contributed by atoms with Gasteiger partial charge in [0.2, 0.25) is 0 Å². The molecule has 0 aliphatic carbocycles. The normalized spacial score (nSPS) is 17.4. The molecule has 0 aromatic carbocycles. The monoisotopic (exact) mass is 223 g/mol.